The van der Waals surface area contributed by atoms with Crippen LogP contribution in [0.5, 0.6) is 0 Å². The highest BCUT2D eigenvalue weighted by molar-refractivity contribution is 7.92. The number of anilines is 1. The molecule has 0 bridgehead atoms. The van der Waals surface area contributed by atoms with Crippen LogP contribution in [0.1, 0.15) is 15.9 Å². The Morgan fingerprint density at radius 2 is 1.39 bits per heavy atom. The Morgan fingerprint density at radius 1 is 0.806 bits per heavy atom. The van der Waals surface area contributed by atoms with Gasteiger partial charge in [0.2, 0.25) is 0 Å². The lowest BCUT2D eigenvalue weighted by Crippen LogP contribution is -2.36. The van der Waals surface area contributed by atoms with E-state index >= 15 is 0 Å². The number of carbonyl (C=O) groups excluding carboxylic acids is 1. The fourth-order valence-electron chi connectivity index (χ4n) is 3.06. The predicted octanol–water partition coefficient (Wildman–Crippen LogP) is 3.69. The summed E-state index contributed by atoms with van der Waals surface area (Å²) in [5.41, 5.74) is 1.98. The van der Waals surface area contributed by atoms with E-state index in [4.69, 9.17) is 0 Å². The monoisotopic (exact) mass is 437 g/mol. The van der Waals surface area contributed by atoms with Gasteiger partial charge in [-0.2, -0.15) is 0 Å². The molecule has 0 saturated carbocycles. The van der Waals surface area contributed by atoms with Gasteiger partial charge >= 0.3 is 0 Å². The normalized spacial score (nSPS) is 11.3. The molecule has 0 aliphatic carbocycles. The van der Waals surface area contributed by atoms with E-state index < -0.39 is 10.0 Å². The van der Waals surface area contributed by atoms with E-state index in [0.29, 0.717) is 24.3 Å². The number of sulfonamides is 1. The molecular weight excluding hydrogens is 410 g/mol. The third-order valence-electron chi connectivity index (χ3n) is 4.76. The van der Waals surface area contributed by atoms with E-state index in [1.54, 1.807) is 41.3 Å². The third-order valence-corrected chi connectivity index (χ3v) is 6.16. The maximum absolute atomic E-state index is 13.2. The first-order chi connectivity index (χ1) is 14.8. The molecule has 0 heterocycles. The third kappa shape index (κ3) is 6.41. The average Bonchev–Trinajstić information content (AvgIpc) is 2.77. The number of nitrogens with one attached hydrogen (secondary N) is 1. The number of para-hydroxylation sites is 1. The largest absolute Gasteiger partial charge is 0.333 e. The van der Waals surface area contributed by atoms with Crippen LogP contribution < -0.4 is 4.72 Å². The molecule has 162 valence electrons. The smallest absolute Gasteiger partial charge is 0.261 e. The van der Waals surface area contributed by atoms with Crippen molar-refractivity contribution in [2.75, 3.05) is 31.9 Å². The molecule has 0 spiro atoms. The summed E-state index contributed by atoms with van der Waals surface area (Å²) in [5.74, 6) is -0.134. The Labute approximate surface area is 184 Å². The van der Waals surface area contributed by atoms with Gasteiger partial charge in [-0.1, -0.05) is 48.5 Å². The fraction of sp³-hybridized carbons (Fsp3) is 0.208. The van der Waals surface area contributed by atoms with Crippen molar-refractivity contribution < 1.29 is 13.2 Å². The van der Waals surface area contributed by atoms with E-state index in [1.807, 2.05) is 55.4 Å². The Morgan fingerprint density at radius 3 is 1.97 bits per heavy atom. The minimum atomic E-state index is -3.73. The van der Waals surface area contributed by atoms with Gasteiger partial charge < -0.3 is 9.80 Å². The molecule has 7 heteroatoms. The summed E-state index contributed by atoms with van der Waals surface area (Å²) < 4.78 is 27.8. The number of rotatable bonds is 9. The lowest BCUT2D eigenvalue weighted by Gasteiger charge is -2.25. The molecule has 3 aromatic rings. The number of hydrogen-bond donors (Lipinski definition) is 1. The van der Waals surface area contributed by atoms with Crippen molar-refractivity contribution in [1.29, 1.82) is 0 Å². The zero-order valence-electron chi connectivity index (χ0n) is 17.7. The fourth-order valence-corrected chi connectivity index (χ4v) is 4.12. The van der Waals surface area contributed by atoms with Gasteiger partial charge in [-0.3, -0.25) is 9.52 Å². The summed E-state index contributed by atoms with van der Waals surface area (Å²) in [6.45, 7) is 1.78. The van der Waals surface area contributed by atoms with Crippen LogP contribution in [0.3, 0.4) is 0 Å². The number of benzene rings is 3. The van der Waals surface area contributed by atoms with Crippen molar-refractivity contribution in [2.45, 2.75) is 11.4 Å². The summed E-state index contributed by atoms with van der Waals surface area (Å²) in [7, 11) is 0.198. The van der Waals surface area contributed by atoms with Crippen LogP contribution in [0.2, 0.25) is 0 Å². The maximum atomic E-state index is 13.2. The molecule has 31 heavy (non-hydrogen) atoms. The average molecular weight is 438 g/mol. The summed E-state index contributed by atoms with van der Waals surface area (Å²) in [6, 6.07) is 24.6. The summed E-state index contributed by atoms with van der Waals surface area (Å²) in [5, 5.41) is 0. The Kier molecular flexibility index (Phi) is 7.44. The van der Waals surface area contributed by atoms with E-state index in [2.05, 4.69) is 4.72 Å². The van der Waals surface area contributed by atoms with Gasteiger partial charge in [0.15, 0.2) is 0 Å². The molecule has 0 aliphatic rings. The van der Waals surface area contributed by atoms with Crippen molar-refractivity contribution in [2.24, 2.45) is 0 Å². The van der Waals surface area contributed by atoms with Crippen molar-refractivity contribution >= 4 is 21.6 Å². The Balaban J connectivity index is 1.77. The van der Waals surface area contributed by atoms with E-state index in [-0.39, 0.29) is 10.8 Å². The molecule has 1 N–H and O–H groups in total. The maximum Gasteiger partial charge on any atom is 0.261 e. The van der Waals surface area contributed by atoms with Crippen LogP contribution in [0.15, 0.2) is 89.8 Å². The molecule has 0 aromatic heterocycles. The molecule has 0 unspecified atom stereocenters. The molecule has 6 nitrogen and oxygen atoms in total. The van der Waals surface area contributed by atoms with Crippen molar-refractivity contribution in [3.63, 3.8) is 0 Å². The van der Waals surface area contributed by atoms with Crippen LogP contribution in [0.4, 0.5) is 5.69 Å². The minimum Gasteiger partial charge on any atom is -0.333 e. The summed E-state index contributed by atoms with van der Waals surface area (Å²) in [6.07, 6.45) is 0. The molecular formula is C24H27N3O3S. The molecule has 0 saturated heterocycles. The number of likely N-dealkylation sites (N-methyl/N-ethyl adjacent to an activating group) is 1. The highest BCUT2D eigenvalue weighted by Crippen LogP contribution is 2.18. The zero-order chi connectivity index (χ0) is 22.3. The molecule has 0 aliphatic heterocycles. The lowest BCUT2D eigenvalue weighted by atomic mass is 10.1. The molecule has 0 radical (unpaired) electrons. The number of hydrogen-bond acceptors (Lipinski definition) is 4. The summed E-state index contributed by atoms with van der Waals surface area (Å²) >= 11 is 0. The number of carbonyl (C=O) groups is 1. The van der Waals surface area contributed by atoms with Gasteiger partial charge in [-0.15, -0.1) is 0 Å². The van der Waals surface area contributed by atoms with Gasteiger partial charge in [0, 0.05) is 30.9 Å². The quantitative estimate of drug-likeness (QED) is 0.554. The van der Waals surface area contributed by atoms with E-state index in [0.717, 1.165) is 12.1 Å². The second kappa shape index (κ2) is 10.2. The second-order valence-corrected chi connectivity index (χ2v) is 9.19. The van der Waals surface area contributed by atoms with Crippen LogP contribution >= 0.6 is 0 Å². The first-order valence-corrected chi connectivity index (χ1v) is 11.5. The van der Waals surface area contributed by atoms with Crippen LogP contribution in [0, 0.1) is 0 Å². The standard InChI is InChI=1S/C24H27N3O3S/c1-26(2)17-18-27(19-20-9-5-3-6-10-20)24(28)21-13-15-23(16-14-21)31(29,30)25-22-11-7-4-8-12-22/h3-16,25H,17-19H2,1-2H3. The molecule has 1 amide bonds. The number of amides is 1. The highest BCUT2D eigenvalue weighted by Gasteiger charge is 2.19. The zero-order valence-corrected chi connectivity index (χ0v) is 18.5. The van der Waals surface area contributed by atoms with Crippen molar-refractivity contribution in [1.82, 2.24) is 9.80 Å². The minimum absolute atomic E-state index is 0.107. The topological polar surface area (TPSA) is 69.7 Å². The molecule has 0 atom stereocenters. The molecule has 0 fully saturated rings. The van der Waals surface area contributed by atoms with Gasteiger partial charge in [0.05, 0.1) is 4.90 Å². The first kappa shape index (κ1) is 22.5. The van der Waals surface area contributed by atoms with E-state index in [1.165, 1.54) is 12.1 Å². The highest BCUT2D eigenvalue weighted by atomic mass is 32.2. The predicted molar refractivity (Wildman–Crippen MR) is 123 cm³/mol. The van der Waals surface area contributed by atoms with Crippen LogP contribution in [-0.2, 0) is 16.6 Å². The molecule has 3 aromatic carbocycles. The van der Waals surface area contributed by atoms with Gasteiger partial charge in [0.1, 0.15) is 0 Å². The van der Waals surface area contributed by atoms with Crippen molar-refractivity contribution in [3.05, 3.63) is 96.1 Å². The van der Waals surface area contributed by atoms with Crippen molar-refractivity contribution in [3.8, 4) is 0 Å². The SMILES string of the molecule is CN(C)CCN(Cc1ccccc1)C(=O)c1ccc(S(=O)(=O)Nc2ccccc2)cc1. The van der Waals surface area contributed by atoms with Crippen LogP contribution in [-0.4, -0.2) is 51.3 Å². The summed E-state index contributed by atoms with van der Waals surface area (Å²) in [4.78, 5) is 17.1. The molecule has 3 rings (SSSR count). The Hall–Kier alpha value is -3.16. The Bertz CT molecular complexity index is 1080. The first-order valence-electron chi connectivity index (χ1n) is 10.0. The van der Waals surface area contributed by atoms with Crippen LogP contribution in [0.25, 0.3) is 0 Å². The van der Waals surface area contributed by atoms with Gasteiger partial charge in [-0.25, -0.2) is 8.42 Å². The van der Waals surface area contributed by atoms with Gasteiger partial charge in [0.25, 0.3) is 15.9 Å². The number of nitrogens with zero attached hydrogens (tertiary/aromatic N) is 2. The lowest BCUT2D eigenvalue weighted by molar-refractivity contribution is 0.0732. The second-order valence-electron chi connectivity index (χ2n) is 7.51. The van der Waals surface area contributed by atoms with E-state index in [9.17, 15) is 13.2 Å². The van der Waals surface area contributed by atoms with Gasteiger partial charge in [-0.05, 0) is 56.1 Å².